The standard InChI is InChI=1S/C18H25BrN2O3S/c1-17(2,3)24-16(23)20-18(15-8-13(19)11-25-15)7-6-14(22)12(9-18)10-21(4)5/h8,10-11H,6-7,9H2,1-5H3,(H,20,23)/b12-10+. The van der Waals surface area contributed by atoms with E-state index >= 15 is 0 Å². The number of hydrogen-bond donors (Lipinski definition) is 1. The van der Waals surface area contributed by atoms with E-state index in [1.54, 1.807) is 11.3 Å². The maximum atomic E-state index is 12.5. The first-order chi connectivity index (χ1) is 11.5. The molecule has 2 rings (SSSR count). The molecule has 1 unspecified atom stereocenters. The van der Waals surface area contributed by atoms with Crippen molar-refractivity contribution in [3.05, 3.63) is 32.6 Å². The van der Waals surface area contributed by atoms with Gasteiger partial charge >= 0.3 is 6.09 Å². The molecule has 1 aromatic rings. The fraction of sp³-hybridized carbons (Fsp3) is 0.556. The minimum atomic E-state index is -0.630. The Kier molecular flexibility index (Phi) is 5.99. The summed E-state index contributed by atoms with van der Waals surface area (Å²) >= 11 is 5.05. The summed E-state index contributed by atoms with van der Waals surface area (Å²) in [4.78, 5) is 27.7. The smallest absolute Gasteiger partial charge is 0.408 e. The number of rotatable bonds is 3. The van der Waals surface area contributed by atoms with Gasteiger partial charge in [-0.2, -0.15) is 0 Å². The third-order valence-electron chi connectivity index (χ3n) is 3.82. The highest BCUT2D eigenvalue weighted by atomic mass is 79.9. The number of carbonyl (C=O) groups is 2. The molecule has 0 saturated heterocycles. The Morgan fingerprint density at radius 1 is 1.44 bits per heavy atom. The van der Waals surface area contributed by atoms with Crippen LogP contribution in [0, 0.1) is 0 Å². The number of halogens is 1. The van der Waals surface area contributed by atoms with Crippen LogP contribution >= 0.6 is 27.3 Å². The maximum absolute atomic E-state index is 12.5. The van der Waals surface area contributed by atoms with E-state index in [1.807, 2.05) is 57.4 Å². The molecule has 1 aliphatic rings. The van der Waals surface area contributed by atoms with Crippen LogP contribution in [0.5, 0.6) is 0 Å². The van der Waals surface area contributed by atoms with Gasteiger partial charge in [0, 0.05) is 53.4 Å². The van der Waals surface area contributed by atoms with E-state index in [1.165, 1.54) is 0 Å². The molecule has 0 bridgehead atoms. The lowest BCUT2D eigenvalue weighted by Gasteiger charge is -2.38. The van der Waals surface area contributed by atoms with Gasteiger partial charge in [-0.1, -0.05) is 0 Å². The summed E-state index contributed by atoms with van der Waals surface area (Å²) in [5.74, 6) is 0.130. The zero-order valence-corrected chi connectivity index (χ0v) is 17.7. The number of ketones is 1. The van der Waals surface area contributed by atoms with Crippen molar-refractivity contribution in [2.45, 2.75) is 51.2 Å². The molecule has 0 aromatic carbocycles. The first-order valence-electron chi connectivity index (χ1n) is 8.17. The van der Waals surface area contributed by atoms with Gasteiger partial charge in [0.05, 0.1) is 5.54 Å². The summed E-state index contributed by atoms with van der Waals surface area (Å²) in [5, 5.41) is 5.04. The molecule has 1 saturated carbocycles. The van der Waals surface area contributed by atoms with E-state index in [0.717, 1.165) is 14.9 Å². The molecule has 1 atom stereocenters. The molecule has 1 fully saturated rings. The molecule has 1 N–H and O–H groups in total. The van der Waals surface area contributed by atoms with Gasteiger partial charge in [-0.15, -0.1) is 11.3 Å². The van der Waals surface area contributed by atoms with Crippen LogP contribution < -0.4 is 5.32 Å². The van der Waals surface area contributed by atoms with Crippen LogP contribution in [0.4, 0.5) is 4.79 Å². The average Bonchev–Trinajstić information content (AvgIpc) is 2.87. The molecule has 25 heavy (non-hydrogen) atoms. The number of alkyl carbamates (subject to hydrolysis) is 1. The van der Waals surface area contributed by atoms with Crippen molar-refractivity contribution in [3.8, 4) is 0 Å². The molecule has 1 amide bonds. The Morgan fingerprint density at radius 2 is 2.12 bits per heavy atom. The minimum Gasteiger partial charge on any atom is -0.444 e. The van der Waals surface area contributed by atoms with Crippen molar-refractivity contribution >= 4 is 39.1 Å². The molecular weight excluding hydrogens is 404 g/mol. The van der Waals surface area contributed by atoms with Crippen molar-refractivity contribution in [1.82, 2.24) is 10.2 Å². The SMILES string of the molecule is CN(C)/C=C1\CC(NC(=O)OC(C)(C)C)(c2cc(Br)cs2)CCC1=O. The summed E-state index contributed by atoms with van der Waals surface area (Å²) in [6, 6.07) is 2.01. The van der Waals surface area contributed by atoms with Crippen LogP contribution in [-0.2, 0) is 15.1 Å². The summed E-state index contributed by atoms with van der Waals surface area (Å²) in [6.45, 7) is 5.51. The topological polar surface area (TPSA) is 58.6 Å². The number of amides is 1. The summed E-state index contributed by atoms with van der Waals surface area (Å²) in [7, 11) is 3.78. The van der Waals surface area contributed by atoms with Gasteiger partial charge in [-0.3, -0.25) is 4.79 Å². The largest absolute Gasteiger partial charge is 0.444 e. The Bertz CT molecular complexity index is 691. The van der Waals surface area contributed by atoms with Gasteiger partial charge in [0.25, 0.3) is 0 Å². The second-order valence-electron chi connectivity index (χ2n) is 7.56. The number of hydrogen-bond acceptors (Lipinski definition) is 5. The molecule has 1 aromatic heterocycles. The third kappa shape index (κ3) is 5.31. The van der Waals surface area contributed by atoms with Gasteiger partial charge in [-0.25, -0.2) is 4.79 Å². The van der Waals surface area contributed by atoms with Crippen LogP contribution in [0.15, 0.2) is 27.7 Å². The number of carbonyl (C=O) groups excluding carboxylic acids is 2. The molecule has 1 aliphatic carbocycles. The van der Waals surface area contributed by atoms with E-state index in [4.69, 9.17) is 4.74 Å². The highest BCUT2D eigenvalue weighted by Crippen LogP contribution is 2.42. The third-order valence-corrected chi connectivity index (χ3v) is 5.72. The second kappa shape index (κ2) is 7.50. The van der Waals surface area contributed by atoms with Gasteiger partial charge in [0.2, 0.25) is 0 Å². The fourth-order valence-corrected chi connectivity index (χ4v) is 4.48. The minimum absolute atomic E-state index is 0.130. The van der Waals surface area contributed by atoms with E-state index < -0.39 is 17.2 Å². The Morgan fingerprint density at radius 3 is 2.64 bits per heavy atom. The molecule has 5 nitrogen and oxygen atoms in total. The van der Waals surface area contributed by atoms with E-state index in [0.29, 0.717) is 19.3 Å². The van der Waals surface area contributed by atoms with Crippen LogP contribution in [0.3, 0.4) is 0 Å². The highest BCUT2D eigenvalue weighted by molar-refractivity contribution is 9.10. The van der Waals surface area contributed by atoms with Crippen LogP contribution in [-0.4, -0.2) is 36.5 Å². The van der Waals surface area contributed by atoms with Gasteiger partial charge < -0.3 is 15.0 Å². The molecule has 0 aliphatic heterocycles. The molecule has 0 spiro atoms. The normalized spacial score (nSPS) is 22.8. The zero-order chi connectivity index (χ0) is 18.8. The lowest BCUT2D eigenvalue weighted by molar-refractivity contribution is -0.117. The van der Waals surface area contributed by atoms with Crippen molar-refractivity contribution in [3.63, 3.8) is 0 Å². The first-order valence-corrected chi connectivity index (χ1v) is 9.84. The lowest BCUT2D eigenvalue weighted by Crippen LogP contribution is -2.50. The lowest BCUT2D eigenvalue weighted by atomic mass is 9.77. The van der Waals surface area contributed by atoms with Crippen molar-refractivity contribution < 1.29 is 14.3 Å². The van der Waals surface area contributed by atoms with Crippen molar-refractivity contribution in [2.75, 3.05) is 14.1 Å². The Labute approximate surface area is 161 Å². The summed E-state index contributed by atoms with van der Waals surface area (Å²) < 4.78 is 6.43. The van der Waals surface area contributed by atoms with Gasteiger partial charge in [0.1, 0.15) is 5.60 Å². The number of Topliss-reactive ketones (excluding diaryl/α,β-unsaturated/α-hetero) is 1. The monoisotopic (exact) mass is 428 g/mol. The predicted octanol–water partition coefficient (Wildman–Crippen LogP) is 4.43. The van der Waals surface area contributed by atoms with E-state index in [-0.39, 0.29) is 5.78 Å². The quantitative estimate of drug-likeness (QED) is 0.723. The number of nitrogens with zero attached hydrogens (tertiary/aromatic N) is 1. The average molecular weight is 429 g/mol. The van der Waals surface area contributed by atoms with Gasteiger partial charge in [0.15, 0.2) is 5.78 Å². The summed E-state index contributed by atoms with van der Waals surface area (Å²) in [5.41, 5.74) is -0.486. The fourth-order valence-electron chi connectivity index (χ4n) is 2.87. The second-order valence-corrected chi connectivity index (χ2v) is 9.38. The molecule has 138 valence electrons. The summed E-state index contributed by atoms with van der Waals surface area (Å²) in [6.07, 6.45) is 2.79. The highest BCUT2D eigenvalue weighted by Gasteiger charge is 2.42. The molecular formula is C18H25BrN2O3S. The zero-order valence-electron chi connectivity index (χ0n) is 15.3. The Hall–Kier alpha value is -1.34. The van der Waals surface area contributed by atoms with Crippen LogP contribution in [0.2, 0.25) is 0 Å². The first kappa shape index (κ1) is 20.0. The van der Waals surface area contributed by atoms with E-state index in [2.05, 4.69) is 21.2 Å². The van der Waals surface area contributed by atoms with Gasteiger partial charge in [-0.05, 0) is 49.2 Å². The maximum Gasteiger partial charge on any atom is 0.408 e. The number of ether oxygens (including phenoxy) is 1. The number of nitrogens with one attached hydrogen (secondary N) is 1. The predicted molar refractivity (Wildman–Crippen MR) is 104 cm³/mol. The van der Waals surface area contributed by atoms with E-state index in [9.17, 15) is 9.59 Å². The molecule has 1 heterocycles. The van der Waals surface area contributed by atoms with Crippen molar-refractivity contribution in [1.29, 1.82) is 0 Å². The Balaban J connectivity index is 2.37. The molecule has 7 heteroatoms. The molecule has 0 radical (unpaired) electrons. The number of thiophene rings is 1. The van der Waals surface area contributed by atoms with Crippen LogP contribution in [0.1, 0.15) is 44.9 Å². The van der Waals surface area contributed by atoms with Crippen molar-refractivity contribution in [2.24, 2.45) is 0 Å². The van der Waals surface area contributed by atoms with Crippen LogP contribution in [0.25, 0.3) is 0 Å².